The summed E-state index contributed by atoms with van der Waals surface area (Å²) in [7, 11) is 4.07. The standard InChI is InChI=1S/C30H30N6O/c1-35(2)26-14-10-20(11-15-26)28-19-29(36(34-28)27-6-4-3-5-7-27)21-8-12-25(13-9-21)33-30(37)22-16-23(31)18-24(32)17-22/h3-18,29H,19,31-32H2,1-2H3,(H,33,37). The van der Waals surface area contributed by atoms with Crippen molar-refractivity contribution in [2.24, 2.45) is 5.10 Å². The summed E-state index contributed by atoms with van der Waals surface area (Å²) in [6.07, 6.45) is 0.768. The fourth-order valence-electron chi connectivity index (χ4n) is 4.51. The molecule has 37 heavy (non-hydrogen) atoms. The molecule has 1 atom stereocenters. The molecule has 0 saturated carbocycles. The van der Waals surface area contributed by atoms with E-state index in [0.717, 1.165) is 34.6 Å². The first kappa shape index (κ1) is 23.9. The molecule has 0 spiro atoms. The van der Waals surface area contributed by atoms with Gasteiger partial charge in [-0.15, -0.1) is 0 Å². The molecular formula is C30H30N6O. The van der Waals surface area contributed by atoms with Crippen LogP contribution in [0.4, 0.5) is 28.4 Å². The molecule has 5 rings (SSSR count). The van der Waals surface area contributed by atoms with E-state index in [9.17, 15) is 4.79 Å². The van der Waals surface area contributed by atoms with Crippen molar-refractivity contribution in [1.29, 1.82) is 0 Å². The van der Waals surface area contributed by atoms with Gasteiger partial charge in [0.15, 0.2) is 0 Å². The van der Waals surface area contributed by atoms with Gasteiger partial charge in [0.05, 0.1) is 17.4 Å². The molecule has 1 amide bonds. The van der Waals surface area contributed by atoms with Crippen LogP contribution in [0.3, 0.4) is 0 Å². The van der Waals surface area contributed by atoms with Crippen LogP contribution in [0.1, 0.15) is 33.9 Å². The van der Waals surface area contributed by atoms with Crippen molar-refractivity contribution in [3.63, 3.8) is 0 Å². The van der Waals surface area contributed by atoms with Crippen molar-refractivity contribution in [3.05, 3.63) is 114 Å². The van der Waals surface area contributed by atoms with Crippen LogP contribution in [0.25, 0.3) is 0 Å². The van der Waals surface area contributed by atoms with Gasteiger partial charge in [-0.2, -0.15) is 5.10 Å². The number of hydrogen-bond donors (Lipinski definition) is 3. The number of nitrogens with zero attached hydrogens (tertiary/aromatic N) is 3. The minimum Gasteiger partial charge on any atom is -0.399 e. The van der Waals surface area contributed by atoms with E-state index in [1.807, 2.05) is 56.6 Å². The van der Waals surface area contributed by atoms with Crippen molar-refractivity contribution in [1.82, 2.24) is 0 Å². The SMILES string of the molecule is CN(C)c1ccc(C2=NN(c3ccccc3)C(c3ccc(NC(=O)c4cc(N)cc(N)c4)cc3)C2)cc1. The number of para-hydroxylation sites is 1. The third-order valence-corrected chi connectivity index (χ3v) is 6.44. The van der Waals surface area contributed by atoms with Gasteiger partial charge >= 0.3 is 0 Å². The van der Waals surface area contributed by atoms with E-state index in [-0.39, 0.29) is 11.9 Å². The highest BCUT2D eigenvalue weighted by atomic mass is 16.1. The van der Waals surface area contributed by atoms with Crippen LogP contribution in [0, 0.1) is 0 Å². The second kappa shape index (κ2) is 10.1. The number of nitrogens with two attached hydrogens (primary N) is 2. The second-order valence-electron chi connectivity index (χ2n) is 9.35. The van der Waals surface area contributed by atoms with E-state index >= 15 is 0 Å². The molecule has 1 aliphatic rings. The minimum absolute atomic E-state index is 0.0318. The zero-order valence-corrected chi connectivity index (χ0v) is 20.9. The molecule has 0 aliphatic carbocycles. The molecule has 0 aromatic heterocycles. The number of carbonyl (C=O) groups is 1. The summed E-state index contributed by atoms with van der Waals surface area (Å²) in [5.41, 5.74) is 19.1. The van der Waals surface area contributed by atoms with E-state index in [1.165, 1.54) is 0 Å². The van der Waals surface area contributed by atoms with Crippen LogP contribution in [0.5, 0.6) is 0 Å². The fourth-order valence-corrected chi connectivity index (χ4v) is 4.51. The predicted molar refractivity (Wildman–Crippen MR) is 153 cm³/mol. The maximum absolute atomic E-state index is 12.7. The number of anilines is 5. The van der Waals surface area contributed by atoms with Gasteiger partial charge in [0.1, 0.15) is 0 Å². The lowest BCUT2D eigenvalue weighted by Crippen LogP contribution is -2.18. The molecule has 4 aromatic carbocycles. The van der Waals surface area contributed by atoms with E-state index in [4.69, 9.17) is 16.6 Å². The van der Waals surface area contributed by atoms with Gasteiger partial charge in [-0.05, 0) is 65.7 Å². The quantitative estimate of drug-likeness (QED) is 0.309. The number of hydrogen-bond acceptors (Lipinski definition) is 6. The van der Waals surface area contributed by atoms with Crippen LogP contribution in [0.15, 0.2) is 102 Å². The number of rotatable bonds is 6. The Morgan fingerprint density at radius 2 is 1.54 bits per heavy atom. The van der Waals surface area contributed by atoms with E-state index in [2.05, 4.69) is 51.6 Å². The van der Waals surface area contributed by atoms with E-state index in [0.29, 0.717) is 22.6 Å². The molecule has 0 saturated heterocycles. The third kappa shape index (κ3) is 5.26. The lowest BCUT2D eigenvalue weighted by atomic mass is 9.97. The summed E-state index contributed by atoms with van der Waals surface area (Å²) >= 11 is 0. The summed E-state index contributed by atoms with van der Waals surface area (Å²) in [6.45, 7) is 0. The summed E-state index contributed by atoms with van der Waals surface area (Å²) in [5, 5.41) is 10.0. The molecule has 7 heteroatoms. The molecule has 0 bridgehead atoms. The Hall–Kier alpha value is -4.78. The monoisotopic (exact) mass is 490 g/mol. The van der Waals surface area contributed by atoms with Crippen LogP contribution in [0.2, 0.25) is 0 Å². The van der Waals surface area contributed by atoms with Crippen molar-refractivity contribution >= 4 is 40.1 Å². The molecule has 186 valence electrons. The number of hydrazone groups is 1. The highest BCUT2D eigenvalue weighted by molar-refractivity contribution is 6.05. The molecule has 4 aromatic rings. The maximum atomic E-state index is 12.7. The zero-order valence-electron chi connectivity index (χ0n) is 20.9. The second-order valence-corrected chi connectivity index (χ2v) is 9.35. The number of benzene rings is 4. The lowest BCUT2D eigenvalue weighted by Gasteiger charge is -2.24. The van der Waals surface area contributed by atoms with Gasteiger partial charge in [-0.3, -0.25) is 9.80 Å². The zero-order chi connectivity index (χ0) is 25.9. The average molecular weight is 491 g/mol. The predicted octanol–water partition coefficient (Wildman–Crippen LogP) is 5.53. The Morgan fingerprint density at radius 3 is 2.16 bits per heavy atom. The van der Waals surface area contributed by atoms with E-state index < -0.39 is 0 Å². The molecule has 1 heterocycles. The Morgan fingerprint density at radius 1 is 0.892 bits per heavy atom. The number of nitrogens with one attached hydrogen (secondary N) is 1. The van der Waals surface area contributed by atoms with Crippen LogP contribution in [-0.2, 0) is 0 Å². The summed E-state index contributed by atoms with van der Waals surface area (Å²) in [5.74, 6) is -0.259. The van der Waals surface area contributed by atoms with Gasteiger partial charge in [0.25, 0.3) is 5.91 Å². The Kier molecular flexibility index (Phi) is 6.51. The first-order valence-corrected chi connectivity index (χ1v) is 12.1. The van der Waals surface area contributed by atoms with Gasteiger partial charge in [-0.25, -0.2) is 0 Å². The van der Waals surface area contributed by atoms with Gasteiger partial charge in [0, 0.05) is 48.8 Å². The highest BCUT2D eigenvalue weighted by Crippen LogP contribution is 2.37. The Bertz CT molecular complexity index is 1410. The fraction of sp³-hybridized carbons (Fsp3) is 0.133. The smallest absolute Gasteiger partial charge is 0.255 e. The molecule has 1 aliphatic heterocycles. The van der Waals surface area contributed by atoms with Crippen molar-refractivity contribution < 1.29 is 4.79 Å². The van der Waals surface area contributed by atoms with Crippen LogP contribution >= 0.6 is 0 Å². The highest BCUT2D eigenvalue weighted by Gasteiger charge is 2.30. The number of carbonyl (C=O) groups excluding carboxylic acids is 1. The average Bonchev–Trinajstić information content (AvgIpc) is 3.35. The summed E-state index contributed by atoms with van der Waals surface area (Å²) in [4.78, 5) is 14.8. The summed E-state index contributed by atoms with van der Waals surface area (Å²) < 4.78 is 0. The largest absolute Gasteiger partial charge is 0.399 e. The van der Waals surface area contributed by atoms with E-state index in [1.54, 1.807) is 18.2 Å². The first-order valence-electron chi connectivity index (χ1n) is 12.1. The Balaban J connectivity index is 1.38. The maximum Gasteiger partial charge on any atom is 0.255 e. The van der Waals surface area contributed by atoms with Crippen molar-refractivity contribution in [2.45, 2.75) is 12.5 Å². The normalized spacial score (nSPS) is 14.8. The van der Waals surface area contributed by atoms with Gasteiger partial charge < -0.3 is 21.7 Å². The molecule has 0 radical (unpaired) electrons. The topological polar surface area (TPSA) is 100.0 Å². The lowest BCUT2D eigenvalue weighted by molar-refractivity contribution is 0.102. The third-order valence-electron chi connectivity index (χ3n) is 6.44. The van der Waals surface area contributed by atoms with Crippen molar-refractivity contribution in [2.75, 3.05) is 40.8 Å². The molecule has 0 fully saturated rings. The Labute approximate surface area is 217 Å². The van der Waals surface area contributed by atoms with Gasteiger partial charge in [0.2, 0.25) is 0 Å². The summed E-state index contributed by atoms with van der Waals surface area (Å²) in [6, 6.07) is 31.5. The molecular weight excluding hydrogens is 460 g/mol. The molecule has 7 nitrogen and oxygen atoms in total. The van der Waals surface area contributed by atoms with Crippen LogP contribution < -0.4 is 26.7 Å². The van der Waals surface area contributed by atoms with Crippen molar-refractivity contribution in [3.8, 4) is 0 Å². The first-order chi connectivity index (χ1) is 17.9. The number of nitrogen functional groups attached to an aromatic ring is 2. The van der Waals surface area contributed by atoms with Crippen LogP contribution in [-0.4, -0.2) is 25.7 Å². The molecule has 1 unspecified atom stereocenters. The molecule has 5 N–H and O–H groups in total. The van der Waals surface area contributed by atoms with Gasteiger partial charge in [-0.1, -0.05) is 42.5 Å². The number of amides is 1. The minimum atomic E-state index is -0.259.